The number of anilines is 6. The first-order valence-electron chi connectivity index (χ1n) is 47.3. The molecule has 0 radical (unpaired) electrons. The van der Waals surface area contributed by atoms with Crippen molar-refractivity contribution in [1.29, 1.82) is 5.26 Å². The molecule has 8 heteroatoms. The summed E-state index contributed by atoms with van der Waals surface area (Å²) in [5, 5.41) is 12.7. The van der Waals surface area contributed by atoms with E-state index in [4.69, 9.17) is 5.48 Å². The first-order chi connectivity index (χ1) is 62.3. The number of rotatable bonds is 8. The average molecular weight is 1390 g/mol. The van der Waals surface area contributed by atoms with Gasteiger partial charge in [-0.2, -0.15) is 5.26 Å². The van der Waals surface area contributed by atoms with Gasteiger partial charge in [-0.05, 0) is 194 Å². The van der Waals surface area contributed by atoms with Crippen molar-refractivity contribution in [3.05, 3.63) is 344 Å². The molecular formula is C99H72BN7. The first-order valence-corrected chi connectivity index (χ1v) is 35.3. The molecule has 0 N–H and O–H groups in total. The Bertz CT molecular complexity index is 8170. The van der Waals surface area contributed by atoms with Gasteiger partial charge in [0, 0.05) is 88.6 Å². The fraction of sp³-hybridized carbons (Fsp3) is 0.0808. The van der Waals surface area contributed by atoms with Gasteiger partial charge in [0.25, 0.3) is 6.71 Å². The lowest BCUT2D eigenvalue weighted by Gasteiger charge is -2.45. The van der Waals surface area contributed by atoms with Crippen LogP contribution in [0.25, 0.3) is 132 Å². The number of nitrogens with zero attached hydrogens (tertiary/aromatic N) is 7. The number of hydrogen-bond acceptors (Lipinski definition) is 3. The molecule has 7 nitrogen and oxygen atoms in total. The zero-order valence-corrected chi connectivity index (χ0v) is 58.5. The molecule has 0 aliphatic carbocycles. The normalized spacial score (nSPS) is 16.0. The predicted octanol–water partition coefficient (Wildman–Crippen LogP) is 24.0. The second-order valence-electron chi connectivity index (χ2n) is 29.4. The highest BCUT2D eigenvalue weighted by atomic mass is 15.2. The number of nitriles is 1. The smallest absolute Gasteiger partial charge is 0.252 e. The molecule has 6 heterocycles. The summed E-state index contributed by atoms with van der Waals surface area (Å²) in [5.41, 5.74) is 8.54. The Hall–Kier alpha value is -13.3. The van der Waals surface area contributed by atoms with Crippen LogP contribution in [-0.4, -0.2) is 25.0 Å². The van der Waals surface area contributed by atoms with Gasteiger partial charge in [0.15, 0.2) is 0 Å². The Morgan fingerprint density at radius 2 is 0.636 bits per heavy atom. The minimum Gasteiger partial charge on any atom is -0.311 e. The molecule has 19 aromatic rings. The third kappa shape index (κ3) is 9.46. The molecule has 0 saturated carbocycles. The lowest BCUT2D eigenvalue weighted by molar-refractivity contribution is 0.590. The van der Waals surface area contributed by atoms with Crippen LogP contribution in [0.4, 0.5) is 34.1 Å². The van der Waals surface area contributed by atoms with E-state index in [-0.39, 0.29) is 116 Å². The van der Waals surface area contributed by atoms with Gasteiger partial charge in [-0.15, -0.1) is 0 Å². The molecular weight excluding hydrogens is 1300 g/mol. The molecule has 0 spiro atoms. The monoisotopic (exact) mass is 1390 g/mol. The summed E-state index contributed by atoms with van der Waals surface area (Å²) in [5.74, 6) is 0. The van der Waals surface area contributed by atoms with Crippen LogP contribution in [0.15, 0.2) is 327 Å². The van der Waals surface area contributed by atoms with E-state index in [1.54, 1.807) is 35.2 Å². The Balaban J connectivity index is 0.989. The Morgan fingerprint density at radius 3 is 1.04 bits per heavy atom. The molecule has 0 unspecified atom stereocenters. The van der Waals surface area contributed by atoms with Crippen LogP contribution in [0.5, 0.6) is 0 Å². The molecule has 0 bridgehead atoms. The van der Waals surface area contributed by atoms with E-state index in [0.717, 1.165) is 55.2 Å². The third-order valence-electron chi connectivity index (χ3n) is 21.4. The van der Waals surface area contributed by atoms with Crippen LogP contribution >= 0.6 is 0 Å². The number of para-hydroxylation sites is 6. The van der Waals surface area contributed by atoms with Gasteiger partial charge < -0.3 is 28.1 Å². The van der Waals surface area contributed by atoms with Crippen LogP contribution in [0.1, 0.15) is 91.1 Å². The van der Waals surface area contributed by atoms with Crippen molar-refractivity contribution in [3.8, 4) is 51.1 Å². The fourth-order valence-electron chi connectivity index (χ4n) is 16.4. The molecule has 0 atom stereocenters. The van der Waals surface area contributed by atoms with Crippen LogP contribution in [0.3, 0.4) is 0 Å². The predicted molar refractivity (Wildman–Crippen MR) is 451 cm³/mol. The van der Waals surface area contributed by atoms with E-state index < -0.39 is 152 Å². The number of benzene rings is 15. The van der Waals surface area contributed by atoms with Crippen LogP contribution in [0.2, 0.25) is 0 Å². The van der Waals surface area contributed by atoms with E-state index in [0.29, 0.717) is 39.1 Å². The summed E-state index contributed by atoms with van der Waals surface area (Å²) in [6, 6.07) is 44.4. The van der Waals surface area contributed by atoms with Crippen molar-refractivity contribution in [2.45, 2.75) is 52.4 Å². The van der Waals surface area contributed by atoms with Crippen molar-refractivity contribution in [2.75, 3.05) is 9.80 Å². The SMILES string of the molecule is [2H]c1c([2H])c([2H])c2c(c1[2H])c1c([2H])c([2H])c([2H])c([2H])c1n2-c1ccc(C#N)c(N2c3cc(-n4c5c([2H])c([2H])c([2H])c([2H])c5c5c([2H])c([2H])c([2H])c([2H])c54)ccc3B3c4ccc(-n5c6ccc(C(C)(C)C)cc6c6cc(C(C)(C)C)ccc65)cc4N(c4cc(-c5ccccc5)cc(-c5ccccc5)c4)c4cc(-n5c6c([2H])c([2H])c([2H])c([2H])c6c6c([2H])c([2H])c([2H])c([2H])c65)cc2c43)c1. The summed E-state index contributed by atoms with van der Waals surface area (Å²) in [7, 11) is 0. The minimum atomic E-state index is -1.04. The second kappa shape index (κ2) is 23.3. The maximum absolute atomic E-state index is 12.3. The van der Waals surface area contributed by atoms with Crippen LogP contribution in [0, 0.1) is 11.3 Å². The molecule has 2 aliphatic rings. The number of aromatic nitrogens is 4. The largest absolute Gasteiger partial charge is 0.311 e. The van der Waals surface area contributed by atoms with Gasteiger partial charge in [0.05, 0.1) is 94.0 Å². The maximum atomic E-state index is 12.3. The molecule has 506 valence electrons. The van der Waals surface area contributed by atoms with E-state index in [2.05, 4.69) is 118 Å². The van der Waals surface area contributed by atoms with Gasteiger partial charge in [0.1, 0.15) is 6.07 Å². The Kier molecular flexibility index (Phi) is 9.25. The highest BCUT2D eigenvalue weighted by Gasteiger charge is 2.45. The molecule has 4 aromatic heterocycles. The highest BCUT2D eigenvalue weighted by molar-refractivity contribution is 7.00. The van der Waals surface area contributed by atoms with E-state index in [9.17, 15) is 32.7 Å². The fourth-order valence-corrected chi connectivity index (χ4v) is 16.4. The van der Waals surface area contributed by atoms with Crippen LogP contribution in [-0.2, 0) is 10.8 Å². The Morgan fingerprint density at radius 1 is 0.290 bits per heavy atom. The second-order valence-corrected chi connectivity index (χ2v) is 29.4. The quantitative estimate of drug-likeness (QED) is 0.142. The van der Waals surface area contributed by atoms with Crippen molar-refractivity contribution in [3.63, 3.8) is 0 Å². The van der Waals surface area contributed by atoms with Gasteiger partial charge in [-0.1, -0.05) is 235 Å². The summed E-state index contributed by atoms with van der Waals surface area (Å²) in [6.07, 6.45) is 0. The lowest BCUT2D eigenvalue weighted by atomic mass is 9.33. The number of hydrogen-bond donors (Lipinski definition) is 0. The van der Waals surface area contributed by atoms with Crippen molar-refractivity contribution in [1.82, 2.24) is 18.3 Å². The van der Waals surface area contributed by atoms with Crippen molar-refractivity contribution in [2.24, 2.45) is 0 Å². The summed E-state index contributed by atoms with van der Waals surface area (Å²) >= 11 is 0. The summed E-state index contributed by atoms with van der Waals surface area (Å²) in [4.78, 5) is 3.78. The zero-order chi connectivity index (χ0) is 92.6. The van der Waals surface area contributed by atoms with Gasteiger partial charge >= 0.3 is 0 Å². The molecule has 15 aromatic carbocycles. The maximum Gasteiger partial charge on any atom is 0.252 e. The van der Waals surface area contributed by atoms with Crippen molar-refractivity contribution >= 4 is 144 Å². The van der Waals surface area contributed by atoms with Crippen LogP contribution < -0.4 is 26.2 Å². The third-order valence-corrected chi connectivity index (χ3v) is 21.4. The summed E-state index contributed by atoms with van der Waals surface area (Å²) < 4.78 is 235. The number of fused-ring (bicyclic) bond motifs is 16. The van der Waals surface area contributed by atoms with Gasteiger partial charge in [-0.25, -0.2) is 0 Å². The highest BCUT2D eigenvalue weighted by Crippen LogP contribution is 2.51. The van der Waals surface area contributed by atoms with Gasteiger partial charge in [0.2, 0.25) is 0 Å². The van der Waals surface area contributed by atoms with E-state index >= 15 is 0 Å². The summed E-state index contributed by atoms with van der Waals surface area (Å²) in [6.45, 7) is 12.0. The topological polar surface area (TPSA) is 50.0 Å². The van der Waals surface area contributed by atoms with Gasteiger partial charge in [-0.3, -0.25) is 0 Å². The molecule has 0 saturated heterocycles. The molecule has 2 aliphatic heterocycles. The average Bonchev–Trinajstić information content (AvgIpc) is 1.32. The molecule has 0 fully saturated rings. The lowest BCUT2D eigenvalue weighted by Crippen LogP contribution is -2.61. The Labute approximate surface area is 655 Å². The zero-order valence-electron chi connectivity index (χ0n) is 82.5. The first kappa shape index (κ1) is 42.4. The minimum absolute atomic E-state index is 0.00517. The standard InChI is InChI=1S/C99H72BN7/c1-98(2,3)67-42-49-90-80(54-67)81-55-68(99(4,5)6)43-50-91(81)104(90)70-45-47-82-93(57-70)106(72-52-65(62-25-9-7-10-26-62)51-66(53-72)63-27-11-8-12-28-63)95-59-73(105-88-39-23-17-33-78(88)79-34-18-24-40-89(79)105)60-96-97(95)100(82)83-48-46-71(103-86-37-21-15-31-76(86)77-32-16-22-38-87(77)103)58-94(83)107(96)92-56-69(44-41-64(92)61-101)102-84-35-19-13-29-74(84)75-30-14-20-36-85(75)102/h7-60H,1-6H3/i13D,14D,15D,16D,17D,18D,19D,20D,21D,22D,23D,24D,29D,30D,31D,32D,33D,34D,35D,36D,37D,38D,39D,40D. The molecule has 21 rings (SSSR count). The molecule has 107 heavy (non-hydrogen) atoms. The van der Waals surface area contributed by atoms with E-state index in [1.165, 1.54) is 31.9 Å². The van der Waals surface area contributed by atoms with Crippen molar-refractivity contribution < 1.29 is 32.9 Å². The van der Waals surface area contributed by atoms with E-state index in [1.807, 2.05) is 72.8 Å². The molecule has 0 amide bonds.